The molecular formula is C25H32O4. The van der Waals surface area contributed by atoms with Gasteiger partial charge in [0.05, 0.1) is 12.5 Å². The standard InChI is InChI=1S/C25H32O4/c1-5-15-26-17-19-28-23-11-7-21(8-12-23)25(3,4)22-9-13-24(14-10-22)29-20-18-27-16-6-2/h5-16H,17-20H2,1-4H3/b15-5+,16-6+. The van der Waals surface area contributed by atoms with Crippen LogP contribution in [0.1, 0.15) is 38.8 Å². The zero-order valence-electron chi connectivity index (χ0n) is 17.9. The molecule has 0 heterocycles. The van der Waals surface area contributed by atoms with Gasteiger partial charge in [-0.1, -0.05) is 50.3 Å². The van der Waals surface area contributed by atoms with Crippen molar-refractivity contribution in [3.63, 3.8) is 0 Å². The van der Waals surface area contributed by atoms with Gasteiger partial charge in [0.25, 0.3) is 0 Å². The van der Waals surface area contributed by atoms with Crippen molar-refractivity contribution in [3.05, 3.63) is 84.3 Å². The second-order valence-electron chi connectivity index (χ2n) is 7.05. The molecule has 0 N–H and O–H groups in total. The van der Waals surface area contributed by atoms with E-state index in [1.54, 1.807) is 12.5 Å². The van der Waals surface area contributed by atoms with Crippen LogP contribution in [0.25, 0.3) is 0 Å². The van der Waals surface area contributed by atoms with Gasteiger partial charge in [0.1, 0.15) is 37.9 Å². The molecule has 0 saturated heterocycles. The number of ether oxygens (including phenoxy) is 4. The zero-order chi connectivity index (χ0) is 21.0. The molecule has 29 heavy (non-hydrogen) atoms. The van der Waals surface area contributed by atoms with Crippen LogP contribution >= 0.6 is 0 Å². The Balaban J connectivity index is 1.91. The summed E-state index contributed by atoms with van der Waals surface area (Å²) in [4.78, 5) is 0. The lowest BCUT2D eigenvalue weighted by Gasteiger charge is -2.26. The fourth-order valence-corrected chi connectivity index (χ4v) is 2.85. The van der Waals surface area contributed by atoms with Crippen molar-refractivity contribution < 1.29 is 18.9 Å². The highest BCUT2D eigenvalue weighted by Crippen LogP contribution is 2.33. The number of allylic oxidation sites excluding steroid dienone is 2. The quantitative estimate of drug-likeness (QED) is 0.332. The van der Waals surface area contributed by atoms with E-state index in [-0.39, 0.29) is 5.41 Å². The summed E-state index contributed by atoms with van der Waals surface area (Å²) in [6, 6.07) is 16.5. The number of hydrogen-bond acceptors (Lipinski definition) is 4. The molecule has 156 valence electrons. The van der Waals surface area contributed by atoms with Crippen molar-refractivity contribution in [2.75, 3.05) is 26.4 Å². The molecule has 0 unspecified atom stereocenters. The monoisotopic (exact) mass is 396 g/mol. The van der Waals surface area contributed by atoms with Crippen molar-refractivity contribution in [2.24, 2.45) is 0 Å². The predicted molar refractivity (Wildman–Crippen MR) is 118 cm³/mol. The van der Waals surface area contributed by atoms with E-state index in [1.165, 1.54) is 11.1 Å². The second kappa shape index (κ2) is 11.8. The summed E-state index contributed by atoms with van der Waals surface area (Å²) in [5.74, 6) is 1.69. The summed E-state index contributed by atoms with van der Waals surface area (Å²) in [5, 5.41) is 0. The molecular weight excluding hydrogens is 364 g/mol. The van der Waals surface area contributed by atoms with Crippen LogP contribution in [0, 0.1) is 0 Å². The van der Waals surface area contributed by atoms with Gasteiger partial charge in [-0.3, -0.25) is 0 Å². The van der Waals surface area contributed by atoms with E-state index in [9.17, 15) is 0 Å². The minimum absolute atomic E-state index is 0.124. The summed E-state index contributed by atoms with van der Waals surface area (Å²) in [7, 11) is 0. The third-order valence-corrected chi connectivity index (χ3v) is 4.56. The predicted octanol–water partition coefficient (Wildman–Crippen LogP) is 5.87. The summed E-state index contributed by atoms with van der Waals surface area (Å²) >= 11 is 0. The first kappa shape index (κ1) is 22.4. The highest BCUT2D eigenvalue weighted by molar-refractivity contribution is 5.41. The molecule has 0 radical (unpaired) electrons. The van der Waals surface area contributed by atoms with Crippen LogP contribution in [0.2, 0.25) is 0 Å². The van der Waals surface area contributed by atoms with Crippen LogP contribution in [0.3, 0.4) is 0 Å². The van der Waals surface area contributed by atoms with Gasteiger partial charge in [-0.25, -0.2) is 0 Å². The molecule has 0 spiro atoms. The third kappa shape index (κ3) is 7.22. The molecule has 2 aromatic carbocycles. The summed E-state index contributed by atoms with van der Waals surface area (Å²) < 4.78 is 22.0. The van der Waals surface area contributed by atoms with Crippen LogP contribution in [0.5, 0.6) is 11.5 Å². The third-order valence-electron chi connectivity index (χ3n) is 4.56. The van der Waals surface area contributed by atoms with Crippen LogP contribution in [0.4, 0.5) is 0 Å². The van der Waals surface area contributed by atoms with Gasteiger partial charge in [-0.05, 0) is 49.2 Å². The highest BCUT2D eigenvalue weighted by atomic mass is 16.5. The largest absolute Gasteiger partial charge is 0.498 e. The fraction of sp³-hybridized carbons (Fsp3) is 0.360. The smallest absolute Gasteiger partial charge is 0.122 e. The van der Waals surface area contributed by atoms with Crippen LogP contribution in [-0.4, -0.2) is 26.4 Å². The average Bonchev–Trinajstić information content (AvgIpc) is 2.74. The van der Waals surface area contributed by atoms with Crippen molar-refractivity contribution in [2.45, 2.75) is 33.1 Å². The van der Waals surface area contributed by atoms with Crippen molar-refractivity contribution >= 4 is 0 Å². The normalized spacial score (nSPS) is 11.7. The molecule has 2 aromatic rings. The maximum Gasteiger partial charge on any atom is 0.122 e. The van der Waals surface area contributed by atoms with Gasteiger partial charge >= 0.3 is 0 Å². The first-order valence-corrected chi connectivity index (χ1v) is 10.00. The molecule has 0 aliphatic carbocycles. The SMILES string of the molecule is C/C=C/OCCOc1ccc(C(C)(C)c2ccc(OCCO/C=C/C)cc2)cc1. The van der Waals surface area contributed by atoms with Crippen molar-refractivity contribution in [1.29, 1.82) is 0 Å². The Bertz CT molecular complexity index is 693. The summed E-state index contributed by atoms with van der Waals surface area (Å²) in [6.07, 6.45) is 7.05. The molecule has 4 nitrogen and oxygen atoms in total. The first-order chi connectivity index (χ1) is 14.1. The Labute approximate surface area is 174 Å². The maximum atomic E-state index is 5.71. The molecule has 0 amide bonds. The molecule has 0 aliphatic heterocycles. The topological polar surface area (TPSA) is 36.9 Å². The molecule has 0 saturated carbocycles. The lowest BCUT2D eigenvalue weighted by Crippen LogP contribution is -2.18. The molecule has 0 atom stereocenters. The number of hydrogen-bond donors (Lipinski definition) is 0. The highest BCUT2D eigenvalue weighted by Gasteiger charge is 2.23. The van der Waals surface area contributed by atoms with Gasteiger partial charge < -0.3 is 18.9 Å². The van der Waals surface area contributed by atoms with E-state index in [4.69, 9.17) is 18.9 Å². The molecule has 0 aliphatic rings. The second-order valence-corrected chi connectivity index (χ2v) is 7.05. The number of benzene rings is 2. The van der Waals surface area contributed by atoms with Crippen LogP contribution < -0.4 is 9.47 Å². The lowest BCUT2D eigenvalue weighted by molar-refractivity contribution is 0.178. The molecule has 0 aromatic heterocycles. The van der Waals surface area contributed by atoms with Gasteiger partial charge in [0, 0.05) is 5.41 Å². The van der Waals surface area contributed by atoms with E-state index >= 15 is 0 Å². The van der Waals surface area contributed by atoms with Crippen molar-refractivity contribution in [3.8, 4) is 11.5 Å². The van der Waals surface area contributed by atoms with E-state index in [0.29, 0.717) is 26.4 Å². The summed E-state index contributed by atoms with van der Waals surface area (Å²) in [6.45, 7) is 10.4. The zero-order valence-corrected chi connectivity index (χ0v) is 17.9. The Morgan fingerprint density at radius 1 is 0.621 bits per heavy atom. The van der Waals surface area contributed by atoms with Crippen LogP contribution in [0.15, 0.2) is 73.2 Å². The van der Waals surface area contributed by atoms with E-state index < -0.39 is 0 Å². The minimum atomic E-state index is -0.124. The average molecular weight is 397 g/mol. The van der Waals surface area contributed by atoms with Gasteiger partial charge in [-0.2, -0.15) is 0 Å². The van der Waals surface area contributed by atoms with E-state index in [0.717, 1.165) is 11.5 Å². The molecule has 0 fully saturated rings. The minimum Gasteiger partial charge on any atom is -0.498 e. The van der Waals surface area contributed by atoms with Gasteiger partial charge in [0.15, 0.2) is 0 Å². The molecule has 2 rings (SSSR count). The van der Waals surface area contributed by atoms with E-state index in [1.807, 2.05) is 50.3 Å². The fourth-order valence-electron chi connectivity index (χ4n) is 2.85. The Morgan fingerprint density at radius 3 is 1.34 bits per heavy atom. The first-order valence-electron chi connectivity index (χ1n) is 10.00. The van der Waals surface area contributed by atoms with Gasteiger partial charge in [-0.15, -0.1) is 0 Å². The molecule has 4 heteroatoms. The van der Waals surface area contributed by atoms with Crippen molar-refractivity contribution in [1.82, 2.24) is 0 Å². The summed E-state index contributed by atoms with van der Waals surface area (Å²) in [5.41, 5.74) is 2.33. The van der Waals surface area contributed by atoms with E-state index in [2.05, 4.69) is 38.1 Å². The maximum absolute atomic E-state index is 5.71. The van der Waals surface area contributed by atoms with Gasteiger partial charge in [0.2, 0.25) is 0 Å². The Morgan fingerprint density at radius 2 is 1.00 bits per heavy atom. The van der Waals surface area contributed by atoms with Crippen LogP contribution in [-0.2, 0) is 14.9 Å². The molecule has 0 bridgehead atoms. The Hall–Kier alpha value is -2.88. The Kier molecular flexibility index (Phi) is 9.16. The number of rotatable bonds is 12. The lowest BCUT2D eigenvalue weighted by atomic mass is 9.78.